The number of aliphatic hydroxyl groups excluding tert-OH is 1. The topological polar surface area (TPSA) is 41.5 Å². The minimum atomic E-state index is -0.505. The first-order valence-electron chi connectivity index (χ1n) is 7.35. The van der Waals surface area contributed by atoms with Gasteiger partial charge in [0, 0.05) is 12.1 Å². The van der Waals surface area contributed by atoms with Crippen LogP contribution in [0.25, 0.3) is 0 Å². The average Bonchev–Trinajstić information content (AvgIpc) is 2.32. The van der Waals surface area contributed by atoms with Gasteiger partial charge in [-0.15, -0.1) is 0 Å². The molecule has 0 fully saturated rings. The van der Waals surface area contributed by atoms with Crippen LogP contribution in [0.1, 0.15) is 51.7 Å². The second-order valence-corrected chi connectivity index (χ2v) is 6.79. The predicted molar refractivity (Wildman–Crippen MR) is 84.5 cm³/mol. The van der Waals surface area contributed by atoms with Gasteiger partial charge in [-0.25, -0.2) is 0 Å². The largest absolute Gasteiger partial charge is 1.00 e. The second kappa shape index (κ2) is 8.62. The van der Waals surface area contributed by atoms with Crippen molar-refractivity contribution in [2.45, 2.75) is 59.1 Å². The van der Waals surface area contributed by atoms with Crippen LogP contribution in [0.2, 0.25) is 0 Å². The Labute approximate surface area is 135 Å². The van der Waals surface area contributed by atoms with Crippen LogP contribution in [0.5, 0.6) is 5.75 Å². The zero-order valence-electron chi connectivity index (χ0n) is 14.0. The number of aliphatic hydroxyl groups is 1. The molecule has 0 aliphatic rings. The molecule has 21 heavy (non-hydrogen) atoms. The highest BCUT2D eigenvalue weighted by molar-refractivity contribution is 5.39. The summed E-state index contributed by atoms with van der Waals surface area (Å²) in [5.41, 5.74) is 2.37. The monoisotopic (exact) mass is 314 g/mol. The molecule has 0 aliphatic heterocycles. The van der Waals surface area contributed by atoms with Gasteiger partial charge < -0.3 is 27.6 Å². The van der Waals surface area contributed by atoms with Crippen LogP contribution < -0.4 is 22.5 Å². The van der Waals surface area contributed by atoms with Crippen LogP contribution in [-0.2, 0) is 0 Å². The van der Waals surface area contributed by atoms with Gasteiger partial charge in [0.05, 0.1) is 0 Å². The van der Waals surface area contributed by atoms with E-state index in [-0.39, 0.29) is 17.9 Å². The maximum absolute atomic E-state index is 9.99. The Kier molecular flexibility index (Phi) is 8.30. The van der Waals surface area contributed by atoms with E-state index < -0.39 is 6.10 Å². The van der Waals surface area contributed by atoms with E-state index in [0.29, 0.717) is 19.1 Å². The van der Waals surface area contributed by atoms with Crippen LogP contribution in [0.15, 0.2) is 18.2 Å². The molecular formula is C17H29ClNO2-. The Morgan fingerprint density at radius 1 is 1.24 bits per heavy atom. The molecule has 122 valence electrons. The zero-order valence-corrected chi connectivity index (χ0v) is 14.8. The van der Waals surface area contributed by atoms with Crippen LogP contribution >= 0.6 is 0 Å². The molecule has 2 N–H and O–H groups in total. The van der Waals surface area contributed by atoms with E-state index in [0.717, 1.165) is 5.75 Å². The predicted octanol–water partition coefficient (Wildman–Crippen LogP) is 0.250. The maximum atomic E-state index is 9.99. The molecule has 0 bridgehead atoms. The highest BCUT2D eigenvalue weighted by Gasteiger charge is 2.14. The van der Waals surface area contributed by atoms with Crippen molar-refractivity contribution in [1.82, 2.24) is 5.32 Å². The molecule has 3 nitrogen and oxygen atoms in total. The fourth-order valence-corrected chi connectivity index (χ4v) is 1.91. The lowest BCUT2D eigenvalue weighted by Gasteiger charge is -2.23. The molecule has 0 saturated carbocycles. The summed E-state index contributed by atoms with van der Waals surface area (Å²) in [4.78, 5) is 0. The summed E-state index contributed by atoms with van der Waals surface area (Å²) in [5.74, 6) is 1.30. The van der Waals surface area contributed by atoms with Crippen molar-refractivity contribution in [3.05, 3.63) is 29.3 Å². The minimum Gasteiger partial charge on any atom is -1.00 e. The van der Waals surface area contributed by atoms with E-state index in [9.17, 15) is 5.11 Å². The molecule has 0 heterocycles. The molecule has 1 atom stereocenters. The summed E-state index contributed by atoms with van der Waals surface area (Å²) in [6.07, 6.45) is -0.505. The Morgan fingerprint density at radius 3 is 2.38 bits per heavy atom. The number of hydrogen-bond donors (Lipinski definition) is 2. The summed E-state index contributed by atoms with van der Waals surface area (Å²) in [6, 6.07) is 6.24. The first-order valence-corrected chi connectivity index (χ1v) is 7.35. The summed E-state index contributed by atoms with van der Waals surface area (Å²) in [5, 5.41) is 13.3. The zero-order chi connectivity index (χ0) is 15.3. The Bertz CT molecular complexity index is 427. The Morgan fingerprint density at radius 2 is 1.86 bits per heavy atom. The summed E-state index contributed by atoms with van der Waals surface area (Å²) in [7, 11) is 0. The number of ether oxygens (including phenoxy) is 1. The lowest BCUT2D eigenvalue weighted by Crippen LogP contribution is -3.00. The third kappa shape index (κ3) is 7.70. The number of nitrogens with one attached hydrogen (secondary N) is 1. The van der Waals surface area contributed by atoms with Gasteiger partial charge in [0.1, 0.15) is 18.5 Å². The first-order chi connectivity index (χ1) is 9.19. The highest BCUT2D eigenvalue weighted by Crippen LogP contribution is 2.27. The Balaban J connectivity index is 0.00000400. The van der Waals surface area contributed by atoms with Gasteiger partial charge in [-0.3, -0.25) is 0 Å². The maximum Gasteiger partial charge on any atom is 0.123 e. The van der Waals surface area contributed by atoms with Crippen molar-refractivity contribution in [1.29, 1.82) is 0 Å². The van der Waals surface area contributed by atoms with Gasteiger partial charge in [-0.2, -0.15) is 0 Å². The first kappa shape index (κ1) is 20.2. The number of rotatable bonds is 6. The normalized spacial score (nSPS) is 13.0. The van der Waals surface area contributed by atoms with E-state index in [1.165, 1.54) is 11.1 Å². The smallest absolute Gasteiger partial charge is 0.123 e. The molecule has 0 saturated heterocycles. The number of β-amino-alcohol motifs (C(OH)–C–C–N with tert-alkyl or cyclic N) is 1. The molecule has 1 aromatic rings. The molecule has 0 aromatic heterocycles. The molecule has 0 radical (unpaired) electrons. The lowest BCUT2D eigenvalue weighted by molar-refractivity contribution is -0.00000666. The van der Waals surface area contributed by atoms with Gasteiger partial charge in [-0.05, 0) is 50.8 Å². The number of aryl methyl sites for hydroxylation is 1. The molecule has 0 spiro atoms. The van der Waals surface area contributed by atoms with E-state index in [2.05, 4.69) is 59.0 Å². The van der Waals surface area contributed by atoms with Gasteiger partial charge in [-0.1, -0.05) is 26.0 Å². The number of hydrogen-bond acceptors (Lipinski definition) is 3. The number of benzene rings is 1. The van der Waals surface area contributed by atoms with Crippen LogP contribution in [0, 0.1) is 6.92 Å². The molecule has 4 heteroatoms. The third-order valence-corrected chi connectivity index (χ3v) is 3.09. The van der Waals surface area contributed by atoms with Crippen molar-refractivity contribution >= 4 is 0 Å². The van der Waals surface area contributed by atoms with Crippen LogP contribution in [0.4, 0.5) is 0 Å². The molecule has 0 aliphatic carbocycles. The van der Waals surface area contributed by atoms with Crippen molar-refractivity contribution in [2.75, 3.05) is 13.2 Å². The van der Waals surface area contributed by atoms with E-state index >= 15 is 0 Å². The molecule has 1 rings (SSSR count). The van der Waals surface area contributed by atoms with Gasteiger partial charge >= 0.3 is 0 Å². The summed E-state index contributed by atoms with van der Waals surface area (Å²) in [6.45, 7) is 13.4. The third-order valence-electron chi connectivity index (χ3n) is 3.09. The van der Waals surface area contributed by atoms with Gasteiger partial charge in [0.15, 0.2) is 0 Å². The van der Waals surface area contributed by atoms with E-state index in [1.54, 1.807) is 0 Å². The van der Waals surface area contributed by atoms with Crippen LogP contribution in [-0.4, -0.2) is 29.9 Å². The molecular weight excluding hydrogens is 286 g/mol. The van der Waals surface area contributed by atoms with Crippen molar-refractivity contribution in [2.24, 2.45) is 0 Å². The quantitative estimate of drug-likeness (QED) is 0.791. The molecule has 0 amide bonds. The molecule has 1 unspecified atom stereocenters. The standard InChI is InChI=1S/C17H29NO2.ClH/c1-12(2)15-8-7-13(3)9-16(15)20-11-14(19)10-18-17(4,5)6;/h7-9,12,14,18-19H,10-11H2,1-6H3;1H/p-1. The van der Waals surface area contributed by atoms with Gasteiger partial charge in [0.2, 0.25) is 0 Å². The average molecular weight is 315 g/mol. The minimum absolute atomic E-state index is 0. The lowest BCUT2D eigenvalue weighted by atomic mass is 10.0. The Hall–Kier alpha value is -0.770. The van der Waals surface area contributed by atoms with Crippen molar-refractivity contribution < 1.29 is 22.3 Å². The highest BCUT2D eigenvalue weighted by atomic mass is 35.5. The van der Waals surface area contributed by atoms with Crippen molar-refractivity contribution in [3.8, 4) is 5.75 Å². The van der Waals surface area contributed by atoms with E-state index in [1.807, 2.05) is 6.07 Å². The van der Waals surface area contributed by atoms with Crippen molar-refractivity contribution in [3.63, 3.8) is 0 Å². The van der Waals surface area contributed by atoms with E-state index in [4.69, 9.17) is 4.74 Å². The fourth-order valence-electron chi connectivity index (χ4n) is 1.91. The molecule has 1 aromatic carbocycles. The fraction of sp³-hybridized carbons (Fsp3) is 0.647. The van der Waals surface area contributed by atoms with Crippen LogP contribution in [0.3, 0.4) is 0 Å². The SMILES string of the molecule is Cc1ccc(C(C)C)c(OCC(O)CNC(C)(C)C)c1.[Cl-]. The number of halogens is 1. The van der Waals surface area contributed by atoms with Gasteiger partial charge in [0.25, 0.3) is 0 Å². The second-order valence-electron chi connectivity index (χ2n) is 6.79. The summed E-state index contributed by atoms with van der Waals surface area (Å²) >= 11 is 0. The summed E-state index contributed by atoms with van der Waals surface area (Å²) < 4.78 is 5.82.